The normalized spacial score (nSPS) is 10.8. The van der Waals surface area contributed by atoms with Gasteiger partial charge in [0.2, 0.25) is 5.88 Å². The Morgan fingerprint density at radius 3 is 2.81 bits per heavy atom. The second kappa shape index (κ2) is 7.19. The summed E-state index contributed by atoms with van der Waals surface area (Å²) in [7, 11) is 1.89. The third-order valence-corrected chi connectivity index (χ3v) is 1.92. The highest BCUT2D eigenvalue weighted by atomic mass is 16.5. The number of rotatable bonds is 7. The van der Waals surface area contributed by atoms with Gasteiger partial charge in [-0.1, -0.05) is 6.07 Å². The molecule has 0 aliphatic heterocycles. The molecule has 0 fully saturated rings. The molecule has 0 aliphatic rings. The summed E-state index contributed by atoms with van der Waals surface area (Å²) in [5.41, 5.74) is 0.977. The molecule has 0 spiro atoms. The second-order valence-corrected chi connectivity index (χ2v) is 3.77. The summed E-state index contributed by atoms with van der Waals surface area (Å²) >= 11 is 0. The van der Waals surface area contributed by atoms with E-state index in [1.165, 1.54) is 0 Å². The van der Waals surface area contributed by atoms with E-state index >= 15 is 0 Å². The molecule has 0 aliphatic carbocycles. The average Bonchev–Trinajstić information content (AvgIpc) is 2.25. The van der Waals surface area contributed by atoms with Crippen LogP contribution in [0.4, 0.5) is 0 Å². The van der Waals surface area contributed by atoms with Crippen LogP contribution in [0.1, 0.15) is 19.5 Å². The van der Waals surface area contributed by atoms with Crippen molar-refractivity contribution in [1.29, 1.82) is 0 Å². The van der Waals surface area contributed by atoms with E-state index in [1.54, 1.807) is 0 Å². The van der Waals surface area contributed by atoms with E-state index in [9.17, 15) is 0 Å². The SMILES string of the molecule is CNCc1cccc(OCCOC(C)C)n1. The first-order chi connectivity index (χ1) is 7.72. The Hall–Kier alpha value is -1.13. The third kappa shape index (κ3) is 5.09. The van der Waals surface area contributed by atoms with Gasteiger partial charge in [-0.3, -0.25) is 0 Å². The fourth-order valence-electron chi connectivity index (χ4n) is 1.25. The zero-order chi connectivity index (χ0) is 11.8. The van der Waals surface area contributed by atoms with Crippen molar-refractivity contribution in [3.05, 3.63) is 23.9 Å². The van der Waals surface area contributed by atoms with Crippen LogP contribution in [0.2, 0.25) is 0 Å². The van der Waals surface area contributed by atoms with Crippen molar-refractivity contribution >= 4 is 0 Å². The minimum atomic E-state index is 0.243. The van der Waals surface area contributed by atoms with Gasteiger partial charge in [-0.05, 0) is 27.0 Å². The highest BCUT2D eigenvalue weighted by molar-refractivity contribution is 5.15. The minimum absolute atomic E-state index is 0.243. The van der Waals surface area contributed by atoms with Gasteiger partial charge in [0.15, 0.2) is 0 Å². The molecule has 0 radical (unpaired) electrons. The molecule has 16 heavy (non-hydrogen) atoms. The molecule has 4 nitrogen and oxygen atoms in total. The molecule has 4 heteroatoms. The molecule has 0 atom stereocenters. The first kappa shape index (κ1) is 12.9. The molecule has 0 aromatic carbocycles. The minimum Gasteiger partial charge on any atom is -0.475 e. The van der Waals surface area contributed by atoms with Gasteiger partial charge in [-0.15, -0.1) is 0 Å². The fourth-order valence-corrected chi connectivity index (χ4v) is 1.25. The Morgan fingerprint density at radius 1 is 1.31 bits per heavy atom. The van der Waals surface area contributed by atoms with E-state index in [0.29, 0.717) is 19.1 Å². The molecular formula is C12H20N2O2. The molecule has 0 saturated heterocycles. The molecule has 0 saturated carbocycles. The Labute approximate surface area is 97.0 Å². The molecule has 1 heterocycles. The molecule has 1 rings (SSSR count). The van der Waals surface area contributed by atoms with Crippen molar-refractivity contribution in [2.75, 3.05) is 20.3 Å². The van der Waals surface area contributed by atoms with Crippen molar-refractivity contribution in [2.24, 2.45) is 0 Å². The maximum absolute atomic E-state index is 5.48. The number of nitrogens with zero attached hydrogens (tertiary/aromatic N) is 1. The smallest absolute Gasteiger partial charge is 0.213 e. The van der Waals surface area contributed by atoms with Crippen LogP contribution in [0.3, 0.4) is 0 Å². The predicted octanol–water partition coefficient (Wildman–Crippen LogP) is 1.60. The van der Waals surface area contributed by atoms with Crippen molar-refractivity contribution in [3.63, 3.8) is 0 Å². The van der Waals surface area contributed by atoms with Crippen LogP contribution in [0.25, 0.3) is 0 Å². The Balaban J connectivity index is 2.33. The largest absolute Gasteiger partial charge is 0.475 e. The van der Waals surface area contributed by atoms with Crippen LogP contribution in [0.5, 0.6) is 5.88 Å². The highest BCUT2D eigenvalue weighted by Gasteiger charge is 1.98. The molecule has 1 aromatic rings. The van der Waals surface area contributed by atoms with Gasteiger partial charge in [0.25, 0.3) is 0 Å². The van der Waals surface area contributed by atoms with Crippen molar-refractivity contribution in [1.82, 2.24) is 10.3 Å². The first-order valence-electron chi connectivity index (χ1n) is 5.57. The van der Waals surface area contributed by atoms with Crippen LogP contribution in [0, 0.1) is 0 Å². The average molecular weight is 224 g/mol. The van der Waals surface area contributed by atoms with E-state index in [2.05, 4.69) is 10.3 Å². The lowest BCUT2D eigenvalue weighted by Crippen LogP contribution is -2.12. The summed E-state index contributed by atoms with van der Waals surface area (Å²) in [5, 5.41) is 3.05. The molecule has 90 valence electrons. The van der Waals surface area contributed by atoms with Gasteiger partial charge < -0.3 is 14.8 Å². The topological polar surface area (TPSA) is 43.4 Å². The molecular weight excluding hydrogens is 204 g/mol. The van der Waals surface area contributed by atoms with Crippen molar-refractivity contribution < 1.29 is 9.47 Å². The summed E-state index contributed by atoms with van der Waals surface area (Å²) in [6.07, 6.45) is 0.243. The maximum Gasteiger partial charge on any atom is 0.213 e. The lowest BCUT2D eigenvalue weighted by molar-refractivity contribution is 0.0542. The van der Waals surface area contributed by atoms with E-state index in [0.717, 1.165) is 12.2 Å². The Morgan fingerprint density at radius 2 is 2.12 bits per heavy atom. The lowest BCUT2D eigenvalue weighted by Gasteiger charge is -2.09. The van der Waals surface area contributed by atoms with E-state index in [1.807, 2.05) is 39.1 Å². The predicted molar refractivity (Wildman–Crippen MR) is 63.6 cm³/mol. The molecule has 1 aromatic heterocycles. The molecule has 0 amide bonds. The quantitative estimate of drug-likeness (QED) is 0.714. The standard InChI is InChI=1S/C12H20N2O2/c1-10(2)15-7-8-16-12-6-4-5-11(14-12)9-13-3/h4-6,10,13H,7-9H2,1-3H3. The second-order valence-electron chi connectivity index (χ2n) is 3.77. The molecule has 1 N–H and O–H groups in total. The lowest BCUT2D eigenvalue weighted by atomic mass is 10.3. The Kier molecular flexibility index (Phi) is 5.82. The number of nitrogens with one attached hydrogen (secondary N) is 1. The zero-order valence-corrected chi connectivity index (χ0v) is 10.2. The van der Waals surface area contributed by atoms with Gasteiger partial charge in [-0.2, -0.15) is 0 Å². The van der Waals surface area contributed by atoms with Gasteiger partial charge >= 0.3 is 0 Å². The summed E-state index contributed by atoms with van der Waals surface area (Å²) in [6.45, 7) is 5.89. The molecule has 0 unspecified atom stereocenters. The van der Waals surface area contributed by atoms with Crippen LogP contribution in [-0.4, -0.2) is 31.3 Å². The first-order valence-corrected chi connectivity index (χ1v) is 5.57. The van der Waals surface area contributed by atoms with Crippen LogP contribution >= 0.6 is 0 Å². The van der Waals surface area contributed by atoms with E-state index in [4.69, 9.17) is 9.47 Å². The number of hydrogen-bond acceptors (Lipinski definition) is 4. The number of pyridine rings is 1. The van der Waals surface area contributed by atoms with Crippen molar-refractivity contribution in [2.45, 2.75) is 26.5 Å². The fraction of sp³-hybridized carbons (Fsp3) is 0.583. The summed E-state index contributed by atoms with van der Waals surface area (Å²) in [4.78, 5) is 4.34. The third-order valence-electron chi connectivity index (χ3n) is 1.92. The number of ether oxygens (including phenoxy) is 2. The molecule has 0 bridgehead atoms. The highest BCUT2D eigenvalue weighted by Crippen LogP contribution is 2.07. The Bertz CT molecular complexity index is 303. The van der Waals surface area contributed by atoms with Gasteiger partial charge in [0.05, 0.1) is 18.4 Å². The van der Waals surface area contributed by atoms with Crippen LogP contribution < -0.4 is 10.1 Å². The zero-order valence-electron chi connectivity index (χ0n) is 10.2. The van der Waals surface area contributed by atoms with E-state index in [-0.39, 0.29) is 6.10 Å². The summed E-state index contributed by atoms with van der Waals surface area (Å²) in [5.74, 6) is 0.653. The monoisotopic (exact) mass is 224 g/mol. The maximum atomic E-state index is 5.48. The van der Waals surface area contributed by atoms with Gasteiger partial charge in [0, 0.05) is 12.6 Å². The van der Waals surface area contributed by atoms with Crippen LogP contribution in [0.15, 0.2) is 18.2 Å². The summed E-state index contributed by atoms with van der Waals surface area (Å²) in [6, 6.07) is 5.76. The van der Waals surface area contributed by atoms with E-state index < -0.39 is 0 Å². The number of hydrogen-bond donors (Lipinski definition) is 1. The number of aromatic nitrogens is 1. The van der Waals surface area contributed by atoms with Gasteiger partial charge in [0.1, 0.15) is 6.61 Å². The van der Waals surface area contributed by atoms with Crippen molar-refractivity contribution in [3.8, 4) is 5.88 Å². The summed E-state index contributed by atoms with van der Waals surface area (Å²) < 4.78 is 10.9. The van der Waals surface area contributed by atoms with Gasteiger partial charge in [-0.25, -0.2) is 4.98 Å². The van der Waals surface area contributed by atoms with Crippen LogP contribution in [-0.2, 0) is 11.3 Å².